The van der Waals surface area contributed by atoms with Crippen molar-refractivity contribution in [1.82, 2.24) is 20.1 Å². The lowest BCUT2D eigenvalue weighted by Crippen LogP contribution is -2.29. The third-order valence-electron chi connectivity index (χ3n) is 6.47. The molecule has 1 saturated heterocycles. The zero-order chi connectivity index (χ0) is 22.9. The van der Waals surface area contributed by atoms with Gasteiger partial charge in [0, 0.05) is 30.0 Å². The average molecular weight is 456 g/mol. The van der Waals surface area contributed by atoms with E-state index in [1.54, 1.807) is 24.5 Å². The van der Waals surface area contributed by atoms with Crippen LogP contribution in [0.5, 0.6) is 11.5 Å². The van der Waals surface area contributed by atoms with Crippen LogP contribution in [0.15, 0.2) is 54.9 Å². The Balaban J connectivity index is 1.38. The summed E-state index contributed by atoms with van der Waals surface area (Å²) in [5.74, 6) is 1.27. The summed E-state index contributed by atoms with van der Waals surface area (Å²) in [6.07, 6.45) is 7.04. The Morgan fingerprint density at radius 1 is 1.00 bits per heavy atom. The second-order valence-electron chi connectivity index (χ2n) is 8.72. The van der Waals surface area contributed by atoms with Gasteiger partial charge >= 0.3 is 0 Å². The Kier molecular flexibility index (Phi) is 5.35. The summed E-state index contributed by atoms with van der Waals surface area (Å²) in [6.45, 7) is 3.30. The summed E-state index contributed by atoms with van der Waals surface area (Å²) < 4.78 is 11.4. The quantitative estimate of drug-likeness (QED) is 0.457. The van der Waals surface area contributed by atoms with Gasteiger partial charge in [-0.05, 0) is 79.0 Å². The second-order valence-corrected chi connectivity index (χ2v) is 8.72. The number of benzene rings is 2. The minimum atomic E-state index is -0.270. The number of hydrogen-bond acceptors (Lipinski definition) is 6. The highest BCUT2D eigenvalue weighted by atomic mass is 16.7. The van der Waals surface area contributed by atoms with E-state index in [-0.39, 0.29) is 12.7 Å². The number of amides is 1. The summed E-state index contributed by atoms with van der Waals surface area (Å²) in [6, 6.07) is 13.7. The van der Waals surface area contributed by atoms with Crippen molar-refractivity contribution >= 4 is 22.5 Å². The Bertz CT molecular complexity index is 1350. The number of hydrogen-bond donors (Lipinski definition) is 2. The Morgan fingerprint density at radius 3 is 2.62 bits per heavy atom. The molecule has 0 radical (unpaired) electrons. The number of likely N-dealkylation sites (tertiary alicyclic amines) is 1. The Morgan fingerprint density at radius 2 is 1.79 bits per heavy atom. The summed E-state index contributed by atoms with van der Waals surface area (Å²) >= 11 is 0. The van der Waals surface area contributed by atoms with Crippen LogP contribution in [0.1, 0.15) is 35.3 Å². The van der Waals surface area contributed by atoms with Crippen molar-refractivity contribution in [2.45, 2.75) is 25.8 Å². The number of ether oxygens (including phenoxy) is 2. The molecule has 0 unspecified atom stereocenters. The van der Waals surface area contributed by atoms with E-state index in [2.05, 4.69) is 43.6 Å². The van der Waals surface area contributed by atoms with Crippen molar-refractivity contribution in [2.24, 2.45) is 0 Å². The number of aromatic amines is 1. The van der Waals surface area contributed by atoms with Crippen molar-refractivity contribution in [3.05, 3.63) is 66.1 Å². The van der Waals surface area contributed by atoms with E-state index in [1.807, 2.05) is 12.1 Å². The minimum Gasteiger partial charge on any atom is -0.454 e. The molecule has 0 aliphatic carbocycles. The normalized spacial score (nSPS) is 15.5. The molecular weight excluding hydrogens is 430 g/mol. The van der Waals surface area contributed by atoms with Gasteiger partial charge in [0.1, 0.15) is 0 Å². The van der Waals surface area contributed by atoms with E-state index in [1.165, 1.54) is 24.8 Å². The first-order valence-electron chi connectivity index (χ1n) is 11.6. The molecule has 0 saturated carbocycles. The van der Waals surface area contributed by atoms with Crippen molar-refractivity contribution < 1.29 is 14.3 Å². The fraction of sp³-hybridized carbons (Fsp3) is 0.269. The number of carbonyl (C=O) groups is 1. The molecule has 2 aliphatic rings. The van der Waals surface area contributed by atoms with Crippen LogP contribution >= 0.6 is 0 Å². The fourth-order valence-electron chi connectivity index (χ4n) is 4.72. The predicted molar refractivity (Wildman–Crippen MR) is 129 cm³/mol. The number of aromatic nitrogens is 3. The molecule has 2 aromatic carbocycles. The third-order valence-corrected chi connectivity index (χ3v) is 6.47. The van der Waals surface area contributed by atoms with Gasteiger partial charge in [0.15, 0.2) is 17.2 Å². The van der Waals surface area contributed by atoms with Crippen LogP contribution in [-0.2, 0) is 6.54 Å². The lowest BCUT2D eigenvalue weighted by molar-refractivity contribution is 0.102. The maximum Gasteiger partial charge on any atom is 0.276 e. The maximum absolute atomic E-state index is 13.0. The van der Waals surface area contributed by atoms with Crippen LogP contribution in [-0.4, -0.2) is 45.9 Å². The first-order chi connectivity index (χ1) is 16.7. The molecule has 1 amide bonds. The van der Waals surface area contributed by atoms with Gasteiger partial charge in [-0.25, -0.2) is 0 Å². The summed E-state index contributed by atoms with van der Waals surface area (Å²) in [5.41, 5.74) is 5.12. The zero-order valence-electron chi connectivity index (χ0n) is 18.7. The number of anilines is 1. The van der Waals surface area contributed by atoms with E-state index in [0.29, 0.717) is 11.4 Å². The molecule has 4 aromatic rings. The topological polar surface area (TPSA) is 92.4 Å². The molecule has 2 aromatic heterocycles. The highest BCUT2D eigenvalue weighted by Crippen LogP contribution is 2.40. The second kappa shape index (κ2) is 8.79. The van der Waals surface area contributed by atoms with Crippen molar-refractivity contribution in [3.8, 4) is 22.6 Å². The van der Waals surface area contributed by atoms with Crippen LogP contribution in [0.3, 0.4) is 0 Å². The van der Waals surface area contributed by atoms with Crippen LogP contribution in [0.25, 0.3) is 22.0 Å². The van der Waals surface area contributed by atoms with Gasteiger partial charge < -0.3 is 14.8 Å². The van der Waals surface area contributed by atoms with Gasteiger partial charge in [0.2, 0.25) is 6.79 Å². The van der Waals surface area contributed by atoms with E-state index in [0.717, 1.165) is 53.2 Å². The molecule has 8 heteroatoms. The van der Waals surface area contributed by atoms with Crippen molar-refractivity contribution in [2.75, 3.05) is 25.2 Å². The maximum atomic E-state index is 13.0. The number of pyridine rings is 1. The van der Waals surface area contributed by atoms with E-state index in [9.17, 15) is 4.79 Å². The van der Waals surface area contributed by atoms with Crippen molar-refractivity contribution in [3.63, 3.8) is 0 Å². The van der Waals surface area contributed by atoms with Crippen LogP contribution < -0.4 is 14.8 Å². The highest BCUT2D eigenvalue weighted by Gasteiger charge is 2.22. The molecule has 0 spiro atoms. The molecular formula is C26H25N5O3. The highest BCUT2D eigenvalue weighted by molar-refractivity contribution is 6.11. The van der Waals surface area contributed by atoms with E-state index < -0.39 is 0 Å². The molecule has 0 bridgehead atoms. The zero-order valence-corrected chi connectivity index (χ0v) is 18.7. The molecule has 0 atom stereocenters. The number of rotatable bonds is 5. The molecule has 4 heterocycles. The van der Waals surface area contributed by atoms with Gasteiger partial charge in [-0.2, -0.15) is 5.10 Å². The fourth-order valence-corrected chi connectivity index (χ4v) is 4.72. The number of carbonyl (C=O) groups excluding carboxylic acids is 1. The third kappa shape index (κ3) is 3.97. The monoisotopic (exact) mass is 455 g/mol. The first kappa shape index (κ1) is 20.7. The van der Waals surface area contributed by atoms with E-state index in [4.69, 9.17) is 9.47 Å². The molecule has 2 aliphatic heterocycles. The predicted octanol–water partition coefficient (Wildman–Crippen LogP) is 4.59. The molecule has 172 valence electrons. The Hall–Kier alpha value is -3.91. The largest absolute Gasteiger partial charge is 0.454 e. The van der Waals surface area contributed by atoms with Gasteiger partial charge in [0.25, 0.3) is 5.91 Å². The van der Waals surface area contributed by atoms with Crippen molar-refractivity contribution in [1.29, 1.82) is 0 Å². The standard InChI is InChI=1S/C26H25N5O3/c32-26(28-19-6-8-27-9-7-19)25-21-12-17(4-5-22(21)29-30-25)20-14-24-23(33-16-34-24)13-18(20)15-31-10-2-1-3-11-31/h4-9,12-14H,1-3,10-11,15-16H2,(H,29,30)(H,27,28,32). The number of fused-ring (bicyclic) bond motifs is 2. The van der Waals surface area contributed by atoms with Gasteiger partial charge in [-0.1, -0.05) is 12.5 Å². The molecule has 8 nitrogen and oxygen atoms in total. The molecule has 2 N–H and O–H groups in total. The molecule has 34 heavy (non-hydrogen) atoms. The summed E-state index contributed by atoms with van der Waals surface area (Å²) in [4.78, 5) is 19.4. The Labute approximate surface area is 196 Å². The average Bonchev–Trinajstić information content (AvgIpc) is 3.51. The van der Waals surface area contributed by atoms with Gasteiger partial charge in [0.05, 0.1) is 5.52 Å². The lowest BCUT2D eigenvalue weighted by atomic mass is 9.96. The summed E-state index contributed by atoms with van der Waals surface area (Å²) in [7, 11) is 0. The van der Waals surface area contributed by atoms with Crippen LogP contribution in [0.4, 0.5) is 5.69 Å². The first-order valence-corrected chi connectivity index (χ1v) is 11.6. The van der Waals surface area contributed by atoms with Crippen LogP contribution in [0, 0.1) is 0 Å². The number of piperidine rings is 1. The van der Waals surface area contributed by atoms with Gasteiger partial charge in [-0.15, -0.1) is 0 Å². The number of nitrogens with zero attached hydrogens (tertiary/aromatic N) is 3. The summed E-state index contributed by atoms with van der Waals surface area (Å²) in [5, 5.41) is 10.9. The number of H-pyrrole nitrogens is 1. The van der Waals surface area contributed by atoms with E-state index >= 15 is 0 Å². The number of nitrogens with one attached hydrogen (secondary N) is 2. The SMILES string of the molecule is O=C(Nc1ccncc1)c1n[nH]c2ccc(-c3cc4c(cc3CN3CCCCC3)OCO4)cc12. The van der Waals surface area contributed by atoms with Gasteiger partial charge in [-0.3, -0.25) is 19.8 Å². The van der Waals surface area contributed by atoms with Crippen LogP contribution in [0.2, 0.25) is 0 Å². The smallest absolute Gasteiger partial charge is 0.276 e. The lowest BCUT2D eigenvalue weighted by Gasteiger charge is -2.27. The minimum absolute atomic E-state index is 0.238. The molecule has 6 rings (SSSR count). The molecule has 1 fully saturated rings.